The number of halogens is 2. The first kappa shape index (κ1) is 13.6. The van der Waals surface area contributed by atoms with E-state index in [-0.39, 0.29) is 17.5 Å². The number of benzene rings is 1. The van der Waals surface area contributed by atoms with Gasteiger partial charge >= 0.3 is 0 Å². The van der Waals surface area contributed by atoms with Crippen LogP contribution in [0.4, 0.5) is 10.3 Å². The first-order valence-electron chi connectivity index (χ1n) is 5.63. The Kier molecular flexibility index (Phi) is 3.14. The summed E-state index contributed by atoms with van der Waals surface area (Å²) < 4.78 is 15.0. The van der Waals surface area contributed by atoms with Crippen LogP contribution >= 0.6 is 11.6 Å². The van der Waals surface area contributed by atoms with Gasteiger partial charge in [0.2, 0.25) is 11.9 Å². The first-order chi connectivity index (χ1) is 8.72. The summed E-state index contributed by atoms with van der Waals surface area (Å²) in [6.07, 6.45) is 0. The number of nitrogen functional groups attached to an aromatic ring is 1. The molecular formula is C12H14ClFN4O. The molecule has 1 heterocycles. The molecule has 102 valence electrons. The second-order valence-electron chi connectivity index (χ2n) is 5.06. The number of carbonyl (C=O) groups is 1. The number of primary amides is 1. The molecule has 1 amide bonds. The maximum absolute atomic E-state index is 13.4. The number of fused-ring (bicyclic) bond motifs is 1. The largest absolute Gasteiger partial charge is 0.369 e. The molecule has 1 aromatic heterocycles. The van der Waals surface area contributed by atoms with Crippen molar-refractivity contribution in [1.29, 1.82) is 0 Å². The zero-order valence-electron chi connectivity index (χ0n) is 10.6. The van der Waals surface area contributed by atoms with Crippen molar-refractivity contribution in [1.82, 2.24) is 9.55 Å². The Hall–Kier alpha value is -1.82. The van der Waals surface area contributed by atoms with Gasteiger partial charge in [0.1, 0.15) is 5.82 Å². The second kappa shape index (κ2) is 4.38. The van der Waals surface area contributed by atoms with E-state index in [1.54, 1.807) is 18.4 Å². The molecule has 0 radical (unpaired) electrons. The summed E-state index contributed by atoms with van der Waals surface area (Å²) in [5.41, 5.74) is 11.3. The van der Waals surface area contributed by atoms with Crippen LogP contribution in [0, 0.1) is 11.2 Å². The lowest BCUT2D eigenvalue weighted by atomic mass is 9.92. The molecule has 0 aliphatic rings. The van der Waals surface area contributed by atoms with Crippen LogP contribution in [0.2, 0.25) is 5.02 Å². The van der Waals surface area contributed by atoms with E-state index in [0.717, 1.165) is 0 Å². The van der Waals surface area contributed by atoms with Gasteiger partial charge in [-0.05, 0) is 19.9 Å². The SMILES string of the molecule is CC(C)(Cn1c(N)nc2cc(F)c(Cl)cc21)C(N)=O. The number of imidazole rings is 1. The highest BCUT2D eigenvalue weighted by molar-refractivity contribution is 6.31. The van der Waals surface area contributed by atoms with Crippen LogP contribution in [-0.2, 0) is 11.3 Å². The Labute approximate surface area is 114 Å². The van der Waals surface area contributed by atoms with Crippen molar-refractivity contribution in [2.45, 2.75) is 20.4 Å². The molecule has 0 unspecified atom stereocenters. The molecule has 5 nitrogen and oxygen atoms in total. The quantitative estimate of drug-likeness (QED) is 0.903. The van der Waals surface area contributed by atoms with Crippen LogP contribution in [0.5, 0.6) is 0 Å². The monoisotopic (exact) mass is 284 g/mol. The minimum Gasteiger partial charge on any atom is -0.369 e. The standard InChI is InChI=1S/C12H14ClFN4O/c1-12(2,10(15)19)5-18-9-3-6(13)7(14)4-8(9)17-11(18)16/h3-4H,5H2,1-2H3,(H2,15,19)(H2,16,17). The van der Waals surface area contributed by atoms with Gasteiger partial charge in [-0.1, -0.05) is 11.6 Å². The van der Waals surface area contributed by atoms with E-state index in [1.165, 1.54) is 12.1 Å². The summed E-state index contributed by atoms with van der Waals surface area (Å²) in [5, 5.41) is -0.0227. The molecule has 0 bridgehead atoms. The minimum atomic E-state index is -0.803. The topological polar surface area (TPSA) is 86.9 Å². The molecule has 0 saturated carbocycles. The highest BCUT2D eigenvalue weighted by atomic mass is 35.5. The summed E-state index contributed by atoms with van der Waals surface area (Å²) in [4.78, 5) is 15.4. The van der Waals surface area contributed by atoms with E-state index in [9.17, 15) is 9.18 Å². The van der Waals surface area contributed by atoms with E-state index < -0.39 is 17.1 Å². The lowest BCUT2D eigenvalue weighted by Crippen LogP contribution is -2.35. The fraction of sp³-hybridized carbons (Fsp3) is 0.333. The second-order valence-corrected chi connectivity index (χ2v) is 5.47. The Balaban J connectivity index is 2.58. The lowest BCUT2D eigenvalue weighted by molar-refractivity contribution is -0.126. The van der Waals surface area contributed by atoms with Gasteiger partial charge in [-0.3, -0.25) is 4.79 Å². The van der Waals surface area contributed by atoms with E-state index in [1.807, 2.05) is 0 Å². The number of hydrogen-bond donors (Lipinski definition) is 2. The smallest absolute Gasteiger partial charge is 0.224 e. The molecule has 0 saturated heterocycles. The Morgan fingerprint density at radius 1 is 1.53 bits per heavy atom. The molecule has 2 rings (SSSR count). The molecule has 0 aliphatic heterocycles. The van der Waals surface area contributed by atoms with Gasteiger partial charge in [-0.15, -0.1) is 0 Å². The molecule has 2 aromatic rings. The number of amides is 1. The Morgan fingerprint density at radius 2 is 2.16 bits per heavy atom. The highest BCUT2D eigenvalue weighted by Crippen LogP contribution is 2.28. The van der Waals surface area contributed by atoms with Crippen LogP contribution in [0.1, 0.15) is 13.8 Å². The first-order valence-corrected chi connectivity index (χ1v) is 6.01. The summed E-state index contributed by atoms with van der Waals surface area (Å²) in [7, 11) is 0. The third kappa shape index (κ3) is 2.35. The lowest BCUT2D eigenvalue weighted by Gasteiger charge is -2.22. The fourth-order valence-corrected chi connectivity index (χ4v) is 1.94. The number of carbonyl (C=O) groups excluding carboxylic acids is 1. The Bertz CT molecular complexity index is 665. The molecular weight excluding hydrogens is 271 g/mol. The molecule has 1 aromatic carbocycles. The van der Waals surface area contributed by atoms with Crippen LogP contribution in [0.3, 0.4) is 0 Å². The number of nitrogens with zero attached hydrogens (tertiary/aromatic N) is 2. The third-order valence-corrected chi connectivity index (χ3v) is 3.33. The number of aromatic nitrogens is 2. The summed E-state index contributed by atoms with van der Waals surface area (Å²) in [5.74, 6) is -0.832. The number of hydrogen-bond acceptors (Lipinski definition) is 3. The van der Waals surface area contributed by atoms with Gasteiger partial charge in [-0.2, -0.15) is 0 Å². The van der Waals surface area contributed by atoms with Crippen LogP contribution in [0.25, 0.3) is 11.0 Å². The van der Waals surface area contributed by atoms with Crippen LogP contribution in [-0.4, -0.2) is 15.5 Å². The zero-order valence-corrected chi connectivity index (χ0v) is 11.3. The van der Waals surface area contributed by atoms with Crippen molar-refractivity contribution < 1.29 is 9.18 Å². The average Bonchev–Trinajstić information content (AvgIpc) is 2.56. The summed E-state index contributed by atoms with van der Waals surface area (Å²) >= 11 is 5.75. The molecule has 0 atom stereocenters. The fourth-order valence-electron chi connectivity index (χ4n) is 1.78. The molecule has 0 aliphatic carbocycles. The van der Waals surface area contributed by atoms with Crippen molar-refractivity contribution in [3.63, 3.8) is 0 Å². The van der Waals surface area contributed by atoms with Crippen molar-refractivity contribution in [3.8, 4) is 0 Å². The molecule has 4 N–H and O–H groups in total. The summed E-state index contributed by atoms with van der Waals surface area (Å²) in [6.45, 7) is 3.64. The van der Waals surface area contributed by atoms with Gasteiger partial charge in [0.05, 0.1) is 21.5 Å². The average molecular weight is 285 g/mol. The Morgan fingerprint density at radius 3 is 2.74 bits per heavy atom. The van der Waals surface area contributed by atoms with Crippen molar-refractivity contribution in [3.05, 3.63) is 23.0 Å². The molecule has 7 heteroatoms. The van der Waals surface area contributed by atoms with Gasteiger partial charge in [0, 0.05) is 12.6 Å². The van der Waals surface area contributed by atoms with E-state index in [0.29, 0.717) is 11.0 Å². The van der Waals surface area contributed by atoms with Crippen LogP contribution in [0.15, 0.2) is 12.1 Å². The van der Waals surface area contributed by atoms with E-state index in [2.05, 4.69) is 4.98 Å². The normalized spacial score (nSPS) is 12.0. The van der Waals surface area contributed by atoms with E-state index in [4.69, 9.17) is 23.1 Å². The van der Waals surface area contributed by atoms with E-state index >= 15 is 0 Å². The van der Waals surface area contributed by atoms with Crippen LogP contribution < -0.4 is 11.5 Å². The molecule has 0 fully saturated rings. The predicted molar refractivity (Wildman–Crippen MR) is 72.1 cm³/mol. The predicted octanol–water partition coefficient (Wildman–Crippen LogP) is 1.92. The minimum absolute atomic E-state index is 0.0227. The van der Waals surface area contributed by atoms with Crippen molar-refractivity contribution in [2.75, 3.05) is 5.73 Å². The maximum atomic E-state index is 13.4. The zero-order chi connectivity index (χ0) is 14.4. The van der Waals surface area contributed by atoms with Crippen molar-refractivity contribution in [2.24, 2.45) is 11.1 Å². The van der Waals surface area contributed by atoms with Gasteiger partial charge in [-0.25, -0.2) is 9.37 Å². The summed E-state index contributed by atoms with van der Waals surface area (Å²) in [6, 6.07) is 2.65. The number of rotatable bonds is 3. The van der Waals surface area contributed by atoms with Gasteiger partial charge in [0.15, 0.2) is 0 Å². The third-order valence-electron chi connectivity index (χ3n) is 3.04. The highest BCUT2D eigenvalue weighted by Gasteiger charge is 2.27. The number of anilines is 1. The maximum Gasteiger partial charge on any atom is 0.224 e. The molecule has 0 spiro atoms. The van der Waals surface area contributed by atoms with Gasteiger partial charge in [0.25, 0.3) is 0 Å². The van der Waals surface area contributed by atoms with Crippen molar-refractivity contribution >= 4 is 34.5 Å². The number of nitrogens with two attached hydrogens (primary N) is 2. The molecule has 19 heavy (non-hydrogen) atoms. The van der Waals surface area contributed by atoms with Gasteiger partial charge < -0.3 is 16.0 Å².